The van der Waals surface area contributed by atoms with Crippen LogP contribution in [-0.4, -0.2) is 57.6 Å². The monoisotopic (exact) mass is 629 g/mol. The molecule has 0 unspecified atom stereocenters. The van der Waals surface area contributed by atoms with Crippen LogP contribution < -0.4 is 14.4 Å². The van der Waals surface area contributed by atoms with Gasteiger partial charge in [-0.3, -0.25) is 13.9 Å². The van der Waals surface area contributed by atoms with Crippen LogP contribution in [0, 0.1) is 0 Å². The number of carbonyl (C=O) groups excluding carboxylic acids is 2. The molecule has 1 N–H and O–H groups in total. The van der Waals surface area contributed by atoms with Crippen LogP contribution in [0.25, 0.3) is 0 Å². The maximum absolute atomic E-state index is 13.8. The van der Waals surface area contributed by atoms with Crippen LogP contribution >= 0.6 is 15.9 Å². The number of sulfonamides is 1. The molecule has 0 aliphatic heterocycles. The van der Waals surface area contributed by atoms with E-state index in [1.807, 2.05) is 61.5 Å². The van der Waals surface area contributed by atoms with Crippen molar-refractivity contribution in [1.29, 1.82) is 0 Å². The number of likely N-dealkylation sites (N-methyl/N-ethyl adjacent to an activating group) is 1. The summed E-state index contributed by atoms with van der Waals surface area (Å²) in [5, 5.41) is 2.88. The van der Waals surface area contributed by atoms with Crippen molar-refractivity contribution in [1.82, 2.24) is 10.2 Å². The lowest BCUT2D eigenvalue weighted by Gasteiger charge is -2.32. The molecule has 0 bridgehead atoms. The minimum atomic E-state index is -3.59. The van der Waals surface area contributed by atoms with Crippen LogP contribution in [0.5, 0.6) is 5.75 Å². The fourth-order valence-corrected chi connectivity index (χ4v) is 5.84. The van der Waals surface area contributed by atoms with Crippen molar-refractivity contribution in [2.45, 2.75) is 38.8 Å². The van der Waals surface area contributed by atoms with Crippen molar-refractivity contribution in [3.05, 3.63) is 94.5 Å². The number of carbonyl (C=O) groups is 2. The fraction of sp³-hybridized carbons (Fsp3) is 0.333. The van der Waals surface area contributed by atoms with E-state index in [0.29, 0.717) is 24.4 Å². The number of benzene rings is 3. The number of nitrogens with zero attached hydrogens (tertiary/aromatic N) is 2. The summed E-state index contributed by atoms with van der Waals surface area (Å²) in [5.41, 5.74) is 2.31. The van der Waals surface area contributed by atoms with E-state index in [2.05, 4.69) is 21.2 Å². The maximum Gasteiger partial charge on any atom is 0.243 e. The smallest absolute Gasteiger partial charge is 0.243 e. The highest BCUT2D eigenvalue weighted by molar-refractivity contribution is 9.10. The van der Waals surface area contributed by atoms with Crippen molar-refractivity contribution < 1.29 is 22.7 Å². The second-order valence-corrected chi connectivity index (χ2v) is 12.2. The summed E-state index contributed by atoms with van der Waals surface area (Å²) in [6.45, 7) is 2.64. The van der Waals surface area contributed by atoms with E-state index in [0.717, 1.165) is 21.9 Å². The number of halogens is 1. The molecule has 8 nitrogen and oxygen atoms in total. The summed E-state index contributed by atoms with van der Waals surface area (Å²) in [4.78, 5) is 28.7. The Hall–Kier alpha value is -3.37. The largest absolute Gasteiger partial charge is 0.497 e. The SMILES string of the molecule is CCNC(=O)[C@H](Cc1ccccc1)N(Cc1cccc(Br)c1)C(=O)CCCN(c1ccc(OC)cc1)S(C)(=O)=O. The molecule has 0 saturated heterocycles. The topological polar surface area (TPSA) is 96.0 Å². The quantitative estimate of drug-likeness (QED) is 0.277. The summed E-state index contributed by atoms with van der Waals surface area (Å²) in [7, 11) is -2.05. The van der Waals surface area contributed by atoms with E-state index in [9.17, 15) is 18.0 Å². The average Bonchev–Trinajstić information content (AvgIpc) is 2.93. The summed E-state index contributed by atoms with van der Waals surface area (Å²) >= 11 is 3.49. The molecule has 3 aromatic carbocycles. The van der Waals surface area contributed by atoms with Crippen molar-refractivity contribution in [3.63, 3.8) is 0 Å². The zero-order chi connectivity index (χ0) is 29.1. The number of amides is 2. The standard InChI is InChI=1S/C30H36BrN3O5S/c1-4-32-30(36)28(21-23-10-6-5-7-11-23)33(22-24-12-8-13-25(31)20-24)29(35)14-9-19-34(40(3,37)38)26-15-17-27(39-2)18-16-26/h5-8,10-13,15-18,20,28H,4,9,14,19,21-22H2,1-3H3,(H,32,36)/t28-/m0/s1. The molecule has 40 heavy (non-hydrogen) atoms. The summed E-state index contributed by atoms with van der Waals surface area (Å²) < 4.78 is 32.5. The van der Waals surface area contributed by atoms with Crippen molar-refractivity contribution >= 4 is 43.5 Å². The minimum absolute atomic E-state index is 0.0703. The van der Waals surface area contributed by atoms with Gasteiger partial charge in [0.15, 0.2) is 0 Å². The first-order chi connectivity index (χ1) is 19.1. The lowest BCUT2D eigenvalue weighted by Crippen LogP contribution is -2.50. The molecular weight excluding hydrogens is 594 g/mol. The van der Waals surface area contributed by atoms with Crippen LogP contribution in [0.3, 0.4) is 0 Å². The highest BCUT2D eigenvalue weighted by Crippen LogP contribution is 2.23. The molecule has 0 aliphatic carbocycles. The van der Waals surface area contributed by atoms with Gasteiger partial charge in [0, 0.05) is 36.9 Å². The van der Waals surface area contributed by atoms with Gasteiger partial charge in [0.05, 0.1) is 19.1 Å². The second-order valence-electron chi connectivity index (χ2n) is 9.39. The highest BCUT2D eigenvalue weighted by atomic mass is 79.9. The Morgan fingerprint density at radius 1 is 0.975 bits per heavy atom. The zero-order valence-electron chi connectivity index (χ0n) is 23.0. The van der Waals surface area contributed by atoms with Crippen molar-refractivity contribution in [3.8, 4) is 5.75 Å². The number of methoxy groups -OCH3 is 1. The lowest BCUT2D eigenvalue weighted by atomic mass is 10.0. The minimum Gasteiger partial charge on any atom is -0.497 e. The Labute approximate surface area is 245 Å². The van der Waals surface area contributed by atoms with Gasteiger partial charge < -0.3 is 15.0 Å². The summed E-state index contributed by atoms with van der Waals surface area (Å²) in [5.74, 6) is 0.159. The molecule has 0 saturated carbocycles. The highest BCUT2D eigenvalue weighted by Gasteiger charge is 2.30. The van der Waals surface area contributed by atoms with Crippen LogP contribution in [0.2, 0.25) is 0 Å². The molecule has 0 fully saturated rings. The van der Waals surface area contributed by atoms with E-state index in [1.54, 1.807) is 36.3 Å². The molecule has 214 valence electrons. The summed E-state index contributed by atoms with van der Waals surface area (Å²) in [6, 6.07) is 23.2. The predicted octanol–water partition coefficient (Wildman–Crippen LogP) is 4.78. The number of ether oxygens (including phenoxy) is 1. The predicted molar refractivity (Wildman–Crippen MR) is 162 cm³/mol. The Bertz CT molecular complexity index is 1370. The lowest BCUT2D eigenvalue weighted by molar-refractivity contribution is -0.141. The van der Waals surface area contributed by atoms with Gasteiger partial charge in [-0.1, -0.05) is 58.4 Å². The normalized spacial score (nSPS) is 11.9. The van der Waals surface area contributed by atoms with Gasteiger partial charge >= 0.3 is 0 Å². The zero-order valence-corrected chi connectivity index (χ0v) is 25.4. The van der Waals surface area contributed by atoms with E-state index in [1.165, 1.54) is 4.31 Å². The molecule has 0 aromatic heterocycles. The van der Waals surface area contributed by atoms with E-state index >= 15 is 0 Å². The number of rotatable bonds is 14. The van der Waals surface area contributed by atoms with Gasteiger partial charge in [-0.15, -0.1) is 0 Å². The van der Waals surface area contributed by atoms with Crippen LogP contribution in [0.1, 0.15) is 30.9 Å². The number of hydrogen-bond donors (Lipinski definition) is 1. The molecule has 10 heteroatoms. The molecule has 0 heterocycles. The van der Waals surface area contributed by atoms with Gasteiger partial charge in [-0.25, -0.2) is 8.42 Å². The molecule has 2 amide bonds. The molecule has 0 spiro atoms. The third-order valence-electron chi connectivity index (χ3n) is 6.38. The third kappa shape index (κ3) is 9.09. The Morgan fingerprint density at radius 2 is 1.65 bits per heavy atom. The van der Waals surface area contributed by atoms with E-state index in [4.69, 9.17) is 4.74 Å². The third-order valence-corrected chi connectivity index (χ3v) is 8.06. The van der Waals surface area contributed by atoms with Crippen LogP contribution in [-0.2, 0) is 32.6 Å². The van der Waals surface area contributed by atoms with E-state index in [-0.39, 0.29) is 37.7 Å². The van der Waals surface area contributed by atoms with E-state index < -0.39 is 16.1 Å². The molecular formula is C30H36BrN3O5S. The Balaban J connectivity index is 1.85. The van der Waals surface area contributed by atoms with Crippen LogP contribution in [0.15, 0.2) is 83.3 Å². The van der Waals surface area contributed by atoms with Gasteiger partial charge in [0.2, 0.25) is 21.8 Å². The maximum atomic E-state index is 13.8. The van der Waals surface area contributed by atoms with Crippen molar-refractivity contribution in [2.24, 2.45) is 0 Å². The molecule has 0 aliphatic rings. The fourth-order valence-electron chi connectivity index (χ4n) is 4.43. The number of anilines is 1. The van der Waals surface area contributed by atoms with Gasteiger partial charge in [-0.05, 0) is 60.9 Å². The van der Waals surface area contributed by atoms with Crippen LogP contribution in [0.4, 0.5) is 5.69 Å². The first-order valence-corrected chi connectivity index (χ1v) is 15.7. The molecule has 3 rings (SSSR count). The Morgan fingerprint density at radius 3 is 2.25 bits per heavy atom. The number of nitrogens with one attached hydrogen (secondary N) is 1. The van der Waals surface area contributed by atoms with Crippen molar-refractivity contribution in [2.75, 3.05) is 30.8 Å². The van der Waals surface area contributed by atoms with Gasteiger partial charge in [0.1, 0.15) is 11.8 Å². The van der Waals surface area contributed by atoms with Gasteiger partial charge in [-0.2, -0.15) is 0 Å². The molecule has 0 radical (unpaired) electrons. The first kappa shape index (κ1) is 31.2. The molecule has 1 atom stereocenters. The number of hydrogen-bond acceptors (Lipinski definition) is 5. The average molecular weight is 631 g/mol. The second kappa shape index (κ2) is 14.9. The van der Waals surface area contributed by atoms with Gasteiger partial charge in [0.25, 0.3) is 0 Å². The first-order valence-electron chi connectivity index (χ1n) is 13.1. The summed E-state index contributed by atoms with van der Waals surface area (Å²) in [6.07, 6.45) is 1.85. The molecule has 3 aromatic rings. The Kier molecular flexibility index (Phi) is 11.6.